The Morgan fingerprint density at radius 3 is 2.73 bits per heavy atom. The molecule has 1 aromatic heterocycles. The molecule has 2 heterocycles. The van der Waals surface area contributed by atoms with E-state index in [0.717, 1.165) is 31.5 Å². The fraction of sp³-hybridized carbons (Fsp3) is 0.500. The Hall–Kier alpha value is -2.18. The zero-order valence-electron chi connectivity index (χ0n) is 15.5. The fourth-order valence-corrected chi connectivity index (χ4v) is 3.43. The lowest BCUT2D eigenvalue weighted by molar-refractivity contribution is -0.121. The molecule has 1 aliphatic heterocycles. The van der Waals surface area contributed by atoms with E-state index in [-0.39, 0.29) is 17.7 Å². The number of oxazole rings is 1. The number of ether oxygens (including phenoxy) is 1. The number of nitrogens with zero attached hydrogens (tertiary/aromatic N) is 1. The second kappa shape index (κ2) is 8.47. The Labute approximate surface area is 154 Å². The summed E-state index contributed by atoms with van der Waals surface area (Å²) in [5.74, 6) is 1.21. The molecule has 1 aliphatic rings. The molecule has 1 saturated heterocycles. The normalized spacial score (nSPS) is 16.4. The smallest absolute Gasteiger partial charge is 0.226 e. The Morgan fingerprint density at radius 2 is 2.04 bits per heavy atom. The van der Waals surface area contributed by atoms with Crippen LogP contribution in [0.5, 0.6) is 0 Å². The maximum Gasteiger partial charge on any atom is 0.226 e. The number of benzene rings is 1. The summed E-state index contributed by atoms with van der Waals surface area (Å²) in [5, 5.41) is 6.43. The molecule has 2 N–H and O–H groups in total. The maximum atomic E-state index is 12.5. The minimum atomic E-state index is -0.0324. The van der Waals surface area contributed by atoms with Gasteiger partial charge in [0.05, 0.1) is 18.7 Å². The highest BCUT2D eigenvalue weighted by Gasteiger charge is 2.32. The van der Waals surface area contributed by atoms with Gasteiger partial charge in [0.2, 0.25) is 11.8 Å². The van der Waals surface area contributed by atoms with Crippen molar-refractivity contribution in [2.75, 3.05) is 33.4 Å². The zero-order valence-corrected chi connectivity index (χ0v) is 15.5. The van der Waals surface area contributed by atoms with Crippen LogP contribution in [0.3, 0.4) is 0 Å². The topological polar surface area (TPSA) is 76.4 Å². The molecule has 1 amide bonds. The molecule has 2 aromatic rings. The Balaban J connectivity index is 1.60. The number of hydrogen-bond acceptors (Lipinski definition) is 5. The average Bonchev–Trinajstić information content (AvgIpc) is 3.02. The van der Waals surface area contributed by atoms with Crippen LogP contribution >= 0.6 is 0 Å². The minimum Gasteiger partial charge on any atom is -0.441 e. The quantitative estimate of drug-likeness (QED) is 0.795. The second-order valence-electron chi connectivity index (χ2n) is 7.02. The summed E-state index contributed by atoms with van der Waals surface area (Å²) in [6, 6.07) is 9.72. The van der Waals surface area contributed by atoms with Crippen molar-refractivity contribution in [1.29, 1.82) is 0 Å². The van der Waals surface area contributed by atoms with Gasteiger partial charge in [0.25, 0.3) is 0 Å². The predicted octanol–water partition coefficient (Wildman–Crippen LogP) is 2.32. The van der Waals surface area contributed by atoms with Crippen LogP contribution in [0, 0.1) is 12.3 Å². The van der Waals surface area contributed by atoms with Crippen LogP contribution in [-0.2, 0) is 16.0 Å². The van der Waals surface area contributed by atoms with Crippen molar-refractivity contribution in [3.63, 3.8) is 0 Å². The lowest BCUT2D eigenvalue weighted by atomic mass is 9.79. The first kappa shape index (κ1) is 18.6. The van der Waals surface area contributed by atoms with Crippen LogP contribution in [0.25, 0.3) is 11.5 Å². The second-order valence-corrected chi connectivity index (χ2v) is 7.02. The number of hydrogen-bond donors (Lipinski definition) is 2. The number of amides is 1. The number of aryl methyl sites for hydroxylation is 1. The molecule has 1 fully saturated rings. The van der Waals surface area contributed by atoms with E-state index in [9.17, 15) is 4.79 Å². The molecular weight excluding hydrogens is 330 g/mol. The number of piperidine rings is 1. The van der Waals surface area contributed by atoms with Gasteiger partial charge in [-0.3, -0.25) is 4.79 Å². The molecular formula is C20H27N3O3. The van der Waals surface area contributed by atoms with Crippen molar-refractivity contribution in [2.24, 2.45) is 5.41 Å². The number of rotatable bonds is 7. The number of methoxy groups -OCH3 is 1. The molecule has 140 valence electrons. The van der Waals surface area contributed by atoms with Crippen molar-refractivity contribution in [3.8, 4) is 11.5 Å². The van der Waals surface area contributed by atoms with E-state index in [4.69, 9.17) is 9.15 Å². The van der Waals surface area contributed by atoms with Crippen LogP contribution in [0.1, 0.15) is 24.3 Å². The molecule has 0 radical (unpaired) electrons. The highest BCUT2D eigenvalue weighted by Crippen LogP contribution is 2.28. The molecule has 26 heavy (non-hydrogen) atoms. The highest BCUT2D eigenvalue weighted by atomic mass is 16.5. The van der Waals surface area contributed by atoms with Gasteiger partial charge in [-0.1, -0.05) is 18.2 Å². The molecule has 6 heteroatoms. The lowest BCUT2D eigenvalue weighted by Gasteiger charge is -2.37. The lowest BCUT2D eigenvalue weighted by Crippen LogP contribution is -2.47. The third-order valence-electron chi connectivity index (χ3n) is 5.02. The summed E-state index contributed by atoms with van der Waals surface area (Å²) >= 11 is 0. The fourth-order valence-electron chi connectivity index (χ4n) is 3.43. The molecule has 0 atom stereocenters. The molecule has 3 rings (SSSR count). The first-order chi connectivity index (χ1) is 12.6. The highest BCUT2D eigenvalue weighted by molar-refractivity contribution is 5.78. The van der Waals surface area contributed by atoms with E-state index in [1.807, 2.05) is 37.3 Å². The van der Waals surface area contributed by atoms with Gasteiger partial charge < -0.3 is 19.8 Å². The number of aromatic nitrogens is 1. The van der Waals surface area contributed by atoms with Crippen molar-refractivity contribution >= 4 is 5.91 Å². The third-order valence-corrected chi connectivity index (χ3v) is 5.02. The van der Waals surface area contributed by atoms with E-state index in [0.29, 0.717) is 30.5 Å². The molecule has 0 spiro atoms. The summed E-state index contributed by atoms with van der Waals surface area (Å²) in [6.07, 6.45) is 2.23. The van der Waals surface area contributed by atoms with Gasteiger partial charge in [-0.25, -0.2) is 4.98 Å². The number of carbonyl (C=O) groups is 1. The van der Waals surface area contributed by atoms with Gasteiger partial charge in [0.15, 0.2) is 0 Å². The third kappa shape index (κ3) is 4.51. The summed E-state index contributed by atoms with van der Waals surface area (Å²) in [7, 11) is 1.72. The summed E-state index contributed by atoms with van der Waals surface area (Å²) in [6.45, 7) is 5.06. The van der Waals surface area contributed by atoms with E-state index in [1.54, 1.807) is 7.11 Å². The van der Waals surface area contributed by atoms with Crippen molar-refractivity contribution in [1.82, 2.24) is 15.6 Å². The molecule has 0 bridgehead atoms. The van der Waals surface area contributed by atoms with Gasteiger partial charge in [-0.05, 0) is 45.0 Å². The summed E-state index contributed by atoms with van der Waals surface area (Å²) < 4.78 is 11.1. The molecule has 6 nitrogen and oxygen atoms in total. The van der Waals surface area contributed by atoms with Gasteiger partial charge in [-0.15, -0.1) is 0 Å². The monoisotopic (exact) mass is 357 g/mol. The molecule has 0 aliphatic carbocycles. The molecule has 0 saturated carbocycles. The van der Waals surface area contributed by atoms with E-state index in [1.165, 1.54) is 0 Å². The predicted molar refractivity (Wildman–Crippen MR) is 99.8 cm³/mol. The maximum absolute atomic E-state index is 12.5. The van der Waals surface area contributed by atoms with Crippen molar-refractivity contribution < 1.29 is 13.9 Å². The number of nitrogens with one attached hydrogen (secondary N) is 2. The summed E-state index contributed by atoms with van der Waals surface area (Å²) in [5.41, 5.74) is 1.62. The standard InChI is InChI=1S/C20H27N3O3/c1-15-17(23-19(26-15)16-6-4-3-5-7-16)12-18(24)22-13-20(14-25-2)8-10-21-11-9-20/h3-7,21H,8-14H2,1-2H3,(H,22,24). The van der Waals surface area contributed by atoms with Crippen LogP contribution in [-0.4, -0.2) is 44.2 Å². The molecule has 1 aromatic carbocycles. The van der Waals surface area contributed by atoms with Gasteiger partial charge >= 0.3 is 0 Å². The Morgan fingerprint density at radius 1 is 1.31 bits per heavy atom. The largest absolute Gasteiger partial charge is 0.441 e. The van der Waals surface area contributed by atoms with Crippen LogP contribution in [0.2, 0.25) is 0 Å². The van der Waals surface area contributed by atoms with Crippen molar-refractivity contribution in [3.05, 3.63) is 41.8 Å². The van der Waals surface area contributed by atoms with E-state index >= 15 is 0 Å². The van der Waals surface area contributed by atoms with Crippen LogP contribution in [0.4, 0.5) is 0 Å². The molecule has 0 unspecified atom stereocenters. The minimum absolute atomic E-state index is 0.0176. The van der Waals surface area contributed by atoms with E-state index < -0.39 is 0 Å². The van der Waals surface area contributed by atoms with Crippen LogP contribution in [0.15, 0.2) is 34.7 Å². The summed E-state index contributed by atoms with van der Waals surface area (Å²) in [4.78, 5) is 17.0. The Bertz CT molecular complexity index is 716. The van der Waals surface area contributed by atoms with Crippen LogP contribution < -0.4 is 10.6 Å². The SMILES string of the molecule is COCC1(CNC(=O)Cc2nc(-c3ccccc3)oc2C)CCNCC1. The number of carbonyl (C=O) groups excluding carboxylic acids is 1. The Kier molecular flexibility index (Phi) is 6.06. The van der Waals surface area contributed by atoms with Gasteiger partial charge in [0, 0.05) is 24.6 Å². The van der Waals surface area contributed by atoms with E-state index in [2.05, 4.69) is 15.6 Å². The van der Waals surface area contributed by atoms with Gasteiger partial charge in [-0.2, -0.15) is 0 Å². The first-order valence-electron chi connectivity index (χ1n) is 9.10. The average molecular weight is 357 g/mol. The van der Waals surface area contributed by atoms with Gasteiger partial charge in [0.1, 0.15) is 5.76 Å². The first-order valence-corrected chi connectivity index (χ1v) is 9.10. The van der Waals surface area contributed by atoms with Crippen molar-refractivity contribution in [2.45, 2.75) is 26.2 Å². The zero-order chi connectivity index (χ0) is 18.4.